The SMILES string of the molecule is COC(CC(=O)O)(c1cccc(C)c1)C(F)(F)F. The average molecular weight is 262 g/mol. The minimum Gasteiger partial charge on any atom is -0.481 e. The first-order valence-electron chi connectivity index (χ1n) is 5.14. The number of methoxy groups -OCH3 is 1. The lowest BCUT2D eigenvalue weighted by atomic mass is 9.88. The molecule has 6 heteroatoms. The van der Waals surface area contributed by atoms with Gasteiger partial charge in [-0.15, -0.1) is 0 Å². The van der Waals surface area contributed by atoms with Crippen LogP contribution in [0, 0.1) is 6.92 Å². The van der Waals surface area contributed by atoms with Crippen LogP contribution in [0.25, 0.3) is 0 Å². The van der Waals surface area contributed by atoms with E-state index in [0.29, 0.717) is 5.56 Å². The third kappa shape index (κ3) is 2.64. The molecule has 1 rings (SSSR count). The molecule has 18 heavy (non-hydrogen) atoms. The summed E-state index contributed by atoms with van der Waals surface area (Å²) in [5.74, 6) is -1.57. The Bertz CT molecular complexity index is 442. The maximum atomic E-state index is 13.2. The van der Waals surface area contributed by atoms with Gasteiger partial charge >= 0.3 is 12.1 Å². The van der Waals surface area contributed by atoms with Crippen molar-refractivity contribution >= 4 is 5.97 Å². The maximum Gasteiger partial charge on any atom is 0.422 e. The summed E-state index contributed by atoms with van der Waals surface area (Å²) in [6.45, 7) is 1.63. The van der Waals surface area contributed by atoms with Crippen molar-refractivity contribution in [3.05, 3.63) is 35.4 Å². The molecule has 0 fully saturated rings. The first kappa shape index (κ1) is 14.5. The van der Waals surface area contributed by atoms with Gasteiger partial charge in [0.15, 0.2) is 5.60 Å². The van der Waals surface area contributed by atoms with Gasteiger partial charge in [0.25, 0.3) is 0 Å². The highest BCUT2D eigenvalue weighted by Crippen LogP contribution is 2.44. The summed E-state index contributed by atoms with van der Waals surface area (Å²) in [5.41, 5.74) is -2.42. The largest absolute Gasteiger partial charge is 0.481 e. The minimum atomic E-state index is -4.81. The van der Waals surface area contributed by atoms with Crippen LogP contribution in [0.4, 0.5) is 13.2 Å². The number of carboxylic acid groups (broad SMARTS) is 1. The van der Waals surface area contributed by atoms with Crippen molar-refractivity contribution in [3.63, 3.8) is 0 Å². The lowest BCUT2D eigenvalue weighted by molar-refractivity contribution is -0.279. The molecule has 1 atom stereocenters. The smallest absolute Gasteiger partial charge is 0.422 e. The number of rotatable bonds is 4. The molecule has 0 aromatic heterocycles. The van der Waals surface area contributed by atoms with Gasteiger partial charge in [-0.1, -0.05) is 29.8 Å². The van der Waals surface area contributed by atoms with Crippen LogP contribution >= 0.6 is 0 Å². The van der Waals surface area contributed by atoms with Crippen molar-refractivity contribution in [3.8, 4) is 0 Å². The van der Waals surface area contributed by atoms with Crippen molar-refractivity contribution < 1.29 is 27.8 Å². The predicted octanol–water partition coefficient (Wildman–Crippen LogP) is 2.87. The fraction of sp³-hybridized carbons (Fsp3) is 0.417. The predicted molar refractivity (Wildman–Crippen MR) is 58.2 cm³/mol. The third-order valence-corrected chi connectivity index (χ3v) is 2.69. The summed E-state index contributed by atoms with van der Waals surface area (Å²) in [6.07, 6.45) is -5.98. The highest BCUT2D eigenvalue weighted by molar-refractivity contribution is 5.69. The zero-order chi connectivity index (χ0) is 14.0. The fourth-order valence-corrected chi connectivity index (χ4v) is 1.78. The van der Waals surface area contributed by atoms with Crippen LogP contribution in [0.1, 0.15) is 17.5 Å². The molecule has 0 aliphatic rings. The molecule has 1 aromatic carbocycles. The monoisotopic (exact) mass is 262 g/mol. The van der Waals surface area contributed by atoms with Crippen molar-refractivity contribution in [1.82, 2.24) is 0 Å². The topological polar surface area (TPSA) is 46.5 Å². The molecule has 0 aliphatic carbocycles. The zero-order valence-electron chi connectivity index (χ0n) is 9.91. The second kappa shape index (κ2) is 4.97. The van der Waals surface area contributed by atoms with Crippen molar-refractivity contribution in [2.45, 2.75) is 25.1 Å². The third-order valence-electron chi connectivity index (χ3n) is 2.69. The van der Waals surface area contributed by atoms with Gasteiger partial charge in [0.2, 0.25) is 0 Å². The van der Waals surface area contributed by atoms with Gasteiger partial charge in [-0.25, -0.2) is 0 Å². The van der Waals surface area contributed by atoms with Crippen LogP contribution in [-0.4, -0.2) is 24.4 Å². The first-order chi connectivity index (χ1) is 8.23. The number of carboxylic acids is 1. The summed E-state index contributed by atoms with van der Waals surface area (Å²) in [5, 5.41) is 8.69. The van der Waals surface area contributed by atoms with E-state index in [1.165, 1.54) is 18.2 Å². The molecule has 1 aromatic rings. The van der Waals surface area contributed by atoms with E-state index < -0.39 is 24.2 Å². The highest BCUT2D eigenvalue weighted by atomic mass is 19.4. The number of alkyl halides is 3. The normalized spacial score (nSPS) is 15.2. The average Bonchev–Trinajstić information content (AvgIpc) is 2.23. The van der Waals surface area contributed by atoms with Crippen LogP contribution in [0.5, 0.6) is 0 Å². The van der Waals surface area contributed by atoms with E-state index in [1.54, 1.807) is 13.0 Å². The summed E-state index contributed by atoms with van der Waals surface area (Å²) in [7, 11) is 0.860. The summed E-state index contributed by atoms with van der Waals surface area (Å²) >= 11 is 0. The molecule has 0 radical (unpaired) electrons. The first-order valence-corrected chi connectivity index (χ1v) is 5.14. The Hall–Kier alpha value is -1.56. The molecule has 0 bridgehead atoms. The van der Waals surface area contributed by atoms with Crippen LogP contribution in [0.15, 0.2) is 24.3 Å². The van der Waals surface area contributed by atoms with Crippen LogP contribution in [-0.2, 0) is 15.1 Å². The van der Waals surface area contributed by atoms with Crippen LogP contribution < -0.4 is 0 Å². The fourth-order valence-electron chi connectivity index (χ4n) is 1.78. The standard InChI is InChI=1S/C12H13F3O3/c1-8-4-3-5-9(6-8)11(18-2,7-10(16)17)12(13,14)15/h3-6H,7H2,1-2H3,(H,16,17). The Kier molecular flexibility index (Phi) is 4.01. The van der Waals surface area contributed by atoms with Gasteiger partial charge in [-0.2, -0.15) is 13.2 Å². The van der Waals surface area contributed by atoms with E-state index in [-0.39, 0.29) is 5.56 Å². The second-order valence-corrected chi connectivity index (χ2v) is 3.97. The number of carbonyl (C=O) groups is 1. The van der Waals surface area contributed by atoms with E-state index in [2.05, 4.69) is 4.74 Å². The Labute approximate surface area is 102 Å². The van der Waals surface area contributed by atoms with E-state index in [9.17, 15) is 18.0 Å². The molecule has 0 amide bonds. The van der Waals surface area contributed by atoms with E-state index in [0.717, 1.165) is 7.11 Å². The number of hydrogen-bond donors (Lipinski definition) is 1. The number of aliphatic carboxylic acids is 1. The molecule has 0 heterocycles. The number of benzene rings is 1. The number of hydrogen-bond acceptors (Lipinski definition) is 2. The maximum absolute atomic E-state index is 13.2. The Balaban J connectivity index is 3.39. The quantitative estimate of drug-likeness (QED) is 0.907. The summed E-state index contributed by atoms with van der Waals surface area (Å²) in [6, 6.07) is 5.56. The zero-order valence-corrected chi connectivity index (χ0v) is 9.91. The molecule has 0 aliphatic heterocycles. The van der Waals surface area contributed by atoms with Gasteiger partial charge in [-0.05, 0) is 12.5 Å². The molecule has 1 unspecified atom stereocenters. The Morgan fingerprint density at radius 3 is 2.39 bits per heavy atom. The molecule has 0 saturated carbocycles. The van der Waals surface area contributed by atoms with E-state index in [4.69, 9.17) is 5.11 Å². The highest BCUT2D eigenvalue weighted by Gasteiger charge is 2.58. The second-order valence-electron chi connectivity index (χ2n) is 3.97. The molecule has 3 nitrogen and oxygen atoms in total. The Morgan fingerprint density at radius 2 is 2.00 bits per heavy atom. The van der Waals surface area contributed by atoms with E-state index in [1.807, 2.05) is 0 Å². The molecule has 0 spiro atoms. The van der Waals surface area contributed by atoms with E-state index >= 15 is 0 Å². The van der Waals surface area contributed by atoms with Gasteiger partial charge in [0, 0.05) is 7.11 Å². The Morgan fingerprint density at radius 1 is 1.39 bits per heavy atom. The van der Waals surface area contributed by atoms with Gasteiger partial charge in [-0.3, -0.25) is 4.79 Å². The van der Waals surface area contributed by atoms with Gasteiger partial charge in [0.05, 0.1) is 6.42 Å². The molecular weight excluding hydrogens is 249 g/mol. The van der Waals surface area contributed by atoms with Gasteiger partial charge < -0.3 is 9.84 Å². The van der Waals surface area contributed by atoms with Crippen LogP contribution in [0.2, 0.25) is 0 Å². The van der Waals surface area contributed by atoms with Crippen molar-refractivity contribution in [1.29, 1.82) is 0 Å². The number of ether oxygens (including phenoxy) is 1. The van der Waals surface area contributed by atoms with Crippen molar-refractivity contribution in [2.75, 3.05) is 7.11 Å². The number of halogens is 3. The molecule has 1 N–H and O–H groups in total. The minimum absolute atomic E-state index is 0.208. The molecule has 100 valence electrons. The molecular formula is C12H13F3O3. The summed E-state index contributed by atoms with van der Waals surface area (Å²) in [4.78, 5) is 10.7. The van der Waals surface area contributed by atoms with Crippen molar-refractivity contribution in [2.24, 2.45) is 0 Å². The lowest BCUT2D eigenvalue weighted by Crippen LogP contribution is -2.45. The van der Waals surface area contributed by atoms with Crippen LogP contribution in [0.3, 0.4) is 0 Å². The van der Waals surface area contributed by atoms with Gasteiger partial charge in [0.1, 0.15) is 0 Å². The molecule has 0 saturated heterocycles. The summed E-state index contributed by atoms with van der Waals surface area (Å²) < 4.78 is 44.0. The number of aryl methyl sites for hydroxylation is 1. The lowest BCUT2D eigenvalue weighted by Gasteiger charge is -2.33.